The summed E-state index contributed by atoms with van der Waals surface area (Å²) in [6.45, 7) is 5.25. The van der Waals surface area contributed by atoms with Crippen molar-refractivity contribution in [2.24, 2.45) is 5.73 Å². The molecule has 4 rings (SSSR count). The van der Waals surface area contributed by atoms with Gasteiger partial charge < -0.3 is 26.4 Å². The van der Waals surface area contributed by atoms with Gasteiger partial charge in [-0.25, -0.2) is 14.4 Å². The zero-order chi connectivity index (χ0) is 24.2. The molecule has 3 aromatic rings. The number of rotatable bonds is 6. The van der Waals surface area contributed by atoms with E-state index in [2.05, 4.69) is 25.2 Å². The maximum Gasteiger partial charge on any atom is 0.276 e. The third kappa shape index (κ3) is 5.23. The maximum atomic E-state index is 14.6. The Morgan fingerprint density at radius 1 is 1.29 bits per heavy atom. The fourth-order valence-corrected chi connectivity index (χ4v) is 3.89. The quantitative estimate of drug-likeness (QED) is 0.505. The Hall–Kier alpha value is -3.79. The molecule has 1 fully saturated rings. The number of nitrogens with one attached hydrogen (secondary N) is 1. The van der Waals surface area contributed by atoms with Crippen LogP contribution in [0.4, 0.5) is 21.5 Å². The van der Waals surface area contributed by atoms with Crippen LogP contribution in [0.2, 0.25) is 0 Å². The molecule has 1 aliphatic rings. The van der Waals surface area contributed by atoms with Gasteiger partial charge in [0.1, 0.15) is 11.6 Å². The summed E-state index contributed by atoms with van der Waals surface area (Å²) in [5, 5.41) is 2.84. The first-order chi connectivity index (χ1) is 16.3. The summed E-state index contributed by atoms with van der Waals surface area (Å²) in [4.78, 5) is 27.8. The van der Waals surface area contributed by atoms with Crippen LogP contribution in [0.1, 0.15) is 37.2 Å². The number of carbonyl (C=O) groups is 1. The predicted octanol–water partition coefficient (Wildman–Crippen LogP) is 3.23. The van der Waals surface area contributed by atoms with Gasteiger partial charge in [0.05, 0.1) is 41.1 Å². The van der Waals surface area contributed by atoms with E-state index in [0.717, 1.165) is 25.1 Å². The largest absolute Gasteiger partial charge is 0.491 e. The second-order valence-electron chi connectivity index (χ2n) is 8.50. The molecule has 5 N–H and O–H groups in total. The van der Waals surface area contributed by atoms with Crippen LogP contribution in [-0.2, 0) is 0 Å². The molecule has 1 saturated heterocycles. The highest BCUT2D eigenvalue weighted by Gasteiger charge is 2.22. The van der Waals surface area contributed by atoms with E-state index in [1.807, 2.05) is 19.9 Å². The van der Waals surface area contributed by atoms with Gasteiger partial charge >= 0.3 is 0 Å². The second-order valence-corrected chi connectivity index (χ2v) is 8.50. The van der Waals surface area contributed by atoms with Gasteiger partial charge in [0, 0.05) is 25.3 Å². The zero-order valence-corrected chi connectivity index (χ0v) is 19.2. The van der Waals surface area contributed by atoms with Crippen LogP contribution >= 0.6 is 0 Å². The number of anilines is 3. The van der Waals surface area contributed by atoms with Crippen molar-refractivity contribution >= 4 is 23.0 Å². The lowest BCUT2D eigenvalue weighted by Crippen LogP contribution is -2.43. The molecule has 178 valence electrons. The monoisotopic (exact) mass is 465 g/mol. The van der Waals surface area contributed by atoms with Crippen LogP contribution in [0, 0.1) is 5.82 Å². The van der Waals surface area contributed by atoms with Crippen LogP contribution in [0.5, 0.6) is 5.75 Å². The molecule has 0 bridgehead atoms. The minimum atomic E-state index is -0.549. The van der Waals surface area contributed by atoms with Crippen molar-refractivity contribution in [1.82, 2.24) is 15.0 Å². The first-order valence-corrected chi connectivity index (χ1v) is 11.2. The Bertz CT molecular complexity index is 1190. The molecule has 0 unspecified atom stereocenters. The van der Waals surface area contributed by atoms with Gasteiger partial charge in [-0.1, -0.05) is 0 Å². The van der Waals surface area contributed by atoms with E-state index in [-0.39, 0.29) is 34.9 Å². The van der Waals surface area contributed by atoms with Gasteiger partial charge in [0.2, 0.25) is 0 Å². The molecule has 3 heterocycles. The summed E-state index contributed by atoms with van der Waals surface area (Å²) in [5.74, 6) is -0.591. The van der Waals surface area contributed by atoms with Crippen molar-refractivity contribution in [2.45, 2.75) is 38.8 Å². The van der Waals surface area contributed by atoms with E-state index in [0.29, 0.717) is 18.0 Å². The van der Waals surface area contributed by atoms with E-state index >= 15 is 0 Å². The number of halogens is 1. The maximum absolute atomic E-state index is 14.6. The summed E-state index contributed by atoms with van der Waals surface area (Å²) in [6.07, 6.45) is 6.36. The number of piperidine rings is 1. The molecule has 1 atom stereocenters. The molecule has 2 aromatic heterocycles. The number of carbonyl (C=O) groups excluding carboxylic acids is 1. The van der Waals surface area contributed by atoms with Crippen molar-refractivity contribution in [3.63, 3.8) is 0 Å². The van der Waals surface area contributed by atoms with Gasteiger partial charge in [0.25, 0.3) is 5.91 Å². The highest BCUT2D eigenvalue weighted by atomic mass is 19.1. The van der Waals surface area contributed by atoms with Crippen molar-refractivity contribution in [2.75, 3.05) is 29.0 Å². The molecule has 0 radical (unpaired) electrons. The van der Waals surface area contributed by atoms with Crippen LogP contribution in [0.25, 0.3) is 11.4 Å². The molecule has 0 saturated carbocycles. The molecular weight excluding hydrogens is 437 g/mol. The number of nitrogens with zero attached hydrogens (tertiary/aromatic N) is 4. The number of ether oxygens (including phenoxy) is 1. The predicted molar refractivity (Wildman–Crippen MR) is 129 cm³/mol. The van der Waals surface area contributed by atoms with Crippen molar-refractivity contribution in [3.05, 3.63) is 54.4 Å². The van der Waals surface area contributed by atoms with E-state index in [1.54, 1.807) is 12.4 Å². The fourth-order valence-electron chi connectivity index (χ4n) is 3.89. The number of nitrogens with two attached hydrogens (primary N) is 2. The highest BCUT2D eigenvalue weighted by molar-refractivity contribution is 6.07. The molecular formula is C24H28FN7O2. The van der Waals surface area contributed by atoms with Crippen molar-refractivity contribution in [3.8, 4) is 17.1 Å². The minimum absolute atomic E-state index is 0.0273. The molecule has 1 aromatic carbocycles. The Morgan fingerprint density at radius 2 is 2.12 bits per heavy atom. The highest BCUT2D eigenvalue weighted by Crippen LogP contribution is 2.29. The van der Waals surface area contributed by atoms with Crippen LogP contribution < -0.4 is 26.4 Å². The Labute approximate surface area is 197 Å². The fraction of sp³-hybridized carbons (Fsp3) is 0.333. The third-order valence-electron chi connectivity index (χ3n) is 5.43. The lowest BCUT2D eigenvalue weighted by atomic mass is 10.1. The molecule has 10 heteroatoms. The number of hydrogen-bond donors (Lipinski definition) is 3. The number of pyridine rings is 1. The van der Waals surface area contributed by atoms with Gasteiger partial charge in [-0.3, -0.25) is 9.78 Å². The Balaban J connectivity index is 1.62. The van der Waals surface area contributed by atoms with Gasteiger partial charge in [-0.2, -0.15) is 0 Å². The van der Waals surface area contributed by atoms with Crippen LogP contribution in [-0.4, -0.2) is 46.1 Å². The number of benzene rings is 1. The lowest BCUT2D eigenvalue weighted by Gasteiger charge is -2.33. The summed E-state index contributed by atoms with van der Waals surface area (Å²) in [7, 11) is 0. The van der Waals surface area contributed by atoms with E-state index in [4.69, 9.17) is 16.2 Å². The standard InChI is InChI=1S/C24H28FN7O2/c1-14(2)34-16-5-6-18(25)17(10-16)23-29-11-19(27)22(31-23)24(33)30-20-12-28-8-7-21(20)32-9-3-4-15(26)13-32/h5-8,10-12,14-15H,3-4,9,13,26-27H2,1-2H3,(H,30,33)/t15-/m0/s1. The Kier molecular flexibility index (Phi) is 6.87. The summed E-state index contributed by atoms with van der Waals surface area (Å²) in [6, 6.07) is 6.20. The van der Waals surface area contributed by atoms with Gasteiger partial charge in [0.15, 0.2) is 11.5 Å². The van der Waals surface area contributed by atoms with E-state index in [1.165, 1.54) is 24.4 Å². The van der Waals surface area contributed by atoms with Crippen molar-refractivity contribution in [1.29, 1.82) is 0 Å². The summed E-state index contributed by atoms with van der Waals surface area (Å²) in [5.41, 5.74) is 13.6. The Morgan fingerprint density at radius 3 is 2.88 bits per heavy atom. The molecule has 0 aliphatic carbocycles. The SMILES string of the molecule is CC(C)Oc1ccc(F)c(-c2ncc(N)c(C(=O)Nc3cnccc3N3CCC[C@H](N)C3)n2)c1. The topological polar surface area (TPSA) is 132 Å². The van der Waals surface area contributed by atoms with Crippen LogP contribution in [0.15, 0.2) is 42.9 Å². The van der Waals surface area contributed by atoms with Gasteiger partial charge in [-0.05, 0) is 51.0 Å². The summed E-state index contributed by atoms with van der Waals surface area (Å²) >= 11 is 0. The molecule has 0 spiro atoms. The minimum Gasteiger partial charge on any atom is -0.491 e. The number of aromatic nitrogens is 3. The van der Waals surface area contributed by atoms with E-state index < -0.39 is 11.7 Å². The second kappa shape index (κ2) is 10.0. The zero-order valence-electron chi connectivity index (χ0n) is 19.2. The first-order valence-electron chi connectivity index (χ1n) is 11.2. The van der Waals surface area contributed by atoms with Crippen molar-refractivity contribution < 1.29 is 13.9 Å². The molecule has 1 aliphatic heterocycles. The van der Waals surface area contributed by atoms with Gasteiger partial charge in [-0.15, -0.1) is 0 Å². The molecule has 34 heavy (non-hydrogen) atoms. The normalized spacial score (nSPS) is 15.9. The van der Waals surface area contributed by atoms with E-state index in [9.17, 15) is 9.18 Å². The third-order valence-corrected chi connectivity index (χ3v) is 5.43. The number of amides is 1. The summed E-state index contributed by atoms with van der Waals surface area (Å²) < 4.78 is 20.2. The average Bonchev–Trinajstić information content (AvgIpc) is 2.81. The molecule has 9 nitrogen and oxygen atoms in total. The number of nitrogen functional groups attached to an aromatic ring is 1. The first kappa shape index (κ1) is 23.4. The number of hydrogen-bond acceptors (Lipinski definition) is 8. The average molecular weight is 466 g/mol. The smallest absolute Gasteiger partial charge is 0.276 e. The lowest BCUT2D eigenvalue weighted by molar-refractivity contribution is 0.102. The van der Waals surface area contributed by atoms with Crippen LogP contribution in [0.3, 0.4) is 0 Å². The molecule has 1 amide bonds.